The summed E-state index contributed by atoms with van der Waals surface area (Å²) < 4.78 is 0. The van der Waals surface area contributed by atoms with Gasteiger partial charge in [0, 0.05) is 29.3 Å². The van der Waals surface area contributed by atoms with Crippen LogP contribution in [0.4, 0.5) is 0 Å². The number of nitrogens with zero attached hydrogens (tertiary/aromatic N) is 1. The smallest absolute Gasteiger partial charge is 0.0705 e. The molecule has 0 saturated carbocycles. The van der Waals surface area contributed by atoms with E-state index < -0.39 is 0 Å². The largest absolute Gasteiger partial charge is 0.271 e. The number of pyridine rings is 1. The highest BCUT2D eigenvalue weighted by molar-refractivity contribution is 7.99. The van der Waals surface area contributed by atoms with Gasteiger partial charge in [0.15, 0.2) is 0 Å². The van der Waals surface area contributed by atoms with Gasteiger partial charge in [0.1, 0.15) is 0 Å². The third-order valence-corrected chi connectivity index (χ3v) is 4.35. The van der Waals surface area contributed by atoms with Crippen LogP contribution >= 0.6 is 11.8 Å². The standard InChI is InChI=1S/C15H21N3S/c1-2-9-19-11-14(18-16)10-13-8-7-12-5-3-4-6-15(12)17-13/h3-8,14,18H,2,9-11,16H2,1H3. The predicted molar refractivity (Wildman–Crippen MR) is 84.2 cm³/mol. The van der Waals surface area contributed by atoms with Crippen LogP contribution in [-0.2, 0) is 6.42 Å². The van der Waals surface area contributed by atoms with Crippen LogP contribution in [-0.4, -0.2) is 22.5 Å². The summed E-state index contributed by atoms with van der Waals surface area (Å²) >= 11 is 1.94. The Balaban J connectivity index is 2.02. The molecule has 1 atom stereocenters. The monoisotopic (exact) mass is 275 g/mol. The molecule has 1 unspecified atom stereocenters. The Morgan fingerprint density at radius 2 is 2.11 bits per heavy atom. The van der Waals surface area contributed by atoms with E-state index in [4.69, 9.17) is 5.84 Å². The Morgan fingerprint density at radius 3 is 2.89 bits per heavy atom. The van der Waals surface area contributed by atoms with E-state index in [9.17, 15) is 0 Å². The molecule has 0 saturated heterocycles. The van der Waals surface area contributed by atoms with Gasteiger partial charge >= 0.3 is 0 Å². The lowest BCUT2D eigenvalue weighted by atomic mass is 10.1. The third-order valence-electron chi connectivity index (χ3n) is 3.01. The molecule has 102 valence electrons. The molecule has 3 nitrogen and oxygen atoms in total. The third kappa shape index (κ3) is 4.20. The van der Waals surface area contributed by atoms with Gasteiger partial charge in [-0.15, -0.1) is 0 Å². The van der Waals surface area contributed by atoms with Crippen LogP contribution in [0.5, 0.6) is 0 Å². The molecule has 0 aliphatic heterocycles. The van der Waals surface area contributed by atoms with Crippen LogP contribution in [0.15, 0.2) is 36.4 Å². The van der Waals surface area contributed by atoms with E-state index in [1.807, 2.05) is 23.9 Å². The van der Waals surface area contributed by atoms with E-state index in [1.165, 1.54) is 17.6 Å². The van der Waals surface area contributed by atoms with Gasteiger partial charge in [0.05, 0.1) is 5.52 Å². The summed E-state index contributed by atoms with van der Waals surface area (Å²) in [5.41, 5.74) is 5.05. The Bertz CT molecular complexity index is 515. The molecular weight excluding hydrogens is 254 g/mol. The van der Waals surface area contributed by atoms with Gasteiger partial charge < -0.3 is 0 Å². The summed E-state index contributed by atoms with van der Waals surface area (Å²) in [6, 6.07) is 12.7. The second kappa shape index (κ2) is 7.48. The average Bonchev–Trinajstić information content (AvgIpc) is 2.46. The fourth-order valence-electron chi connectivity index (χ4n) is 2.01. The van der Waals surface area contributed by atoms with E-state index in [0.717, 1.165) is 23.4 Å². The van der Waals surface area contributed by atoms with Gasteiger partial charge in [-0.2, -0.15) is 11.8 Å². The quantitative estimate of drug-likeness (QED) is 0.463. The number of hydrogen-bond acceptors (Lipinski definition) is 4. The van der Waals surface area contributed by atoms with Crippen molar-refractivity contribution >= 4 is 22.7 Å². The van der Waals surface area contributed by atoms with Crippen LogP contribution in [0.3, 0.4) is 0 Å². The second-order valence-electron chi connectivity index (χ2n) is 4.64. The molecule has 19 heavy (non-hydrogen) atoms. The molecule has 3 N–H and O–H groups in total. The maximum Gasteiger partial charge on any atom is 0.0705 e. The van der Waals surface area contributed by atoms with Crippen molar-refractivity contribution in [1.82, 2.24) is 10.4 Å². The summed E-state index contributed by atoms with van der Waals surface area (Å²) in [5.74, 6) is 7.83. The Kier molecular flexibility index (Phi) is 5.63. The summed E-state index contributed by atoms with van der Waals surface area (Å²) in [6.45, 7) is 2.20. The highest BCUT2D eigenvalue weighted by atomic mass is 32.2. The Labute approximate surface area is 119 Å². The van der Waals surface area contributed by atoms with Crippen molar-refractivity contribution in [2.75, 3.05) is 11.5 Å². The first-order valence-electron chi connectivity index (χ1n) is 6.72. The Morgan fingerprint density at radius 1 is 1.26 bits per heavy atom. The normalized spacial score (nSPS) is 12.7. The number of thioether (sulfide) groups is 1. The van der Waals surface area contributed by atoms with E-state index >= 15 is 0 Å². The zero-order valence-corrected chi connectivity index (χ0v) is 12.1. The number of hydrazine groups is 1. The minimum absolute atomic E-state index is 0.283. The zero-order valence-electron chi connectivity index (χ0n) is 11.3. The number of nitrogens with two attached hydrogens (primary N) is 1. The van der Waals surface area contributed by atoms with Crippen LogP contribution in [0.2, 0.25) is 0 Å². The summed E-state index contributed by atoms with van der Waals surface area (Å²) in [4.78, 5) is 4.69. The first-order chi connectivity index (χ1) is 9.33. The summed E-state index contributed by atoms with van der Waals surface area (Å²) in [5, 5.41) is 1.18. The lowest BCUT2D eigenvalue weighted by Crippen LogP contribution is -2.39. The molecular formula is C15H21N3S. The van der Waals surface area contributed by atoms with Gasteiger partial charge in [-0.05, 0) is 24.3 Å². The molecule has 1 aromatic heterocycles. The molecule has 2 rings (SSSR count). The van der Waals surface area contributed by atoms with Gasteiger partial charge in [-0.25, -0.2) is 0 Å². The highest BCUT2D eigenvalue weighted by Crippen LogP contribution is 2.14. The van der Waals surface area contributed by atoms with Crippen molar-refractivity contribution in [2.45, 2.75) is 25.8 Å². The van der Waals surface area contributed by atoms with E-state index in [-0.39, 0.29) is 6.04 Å². The fraction of sp³-hybridized carbons (Fsp3) is 0.400. The van der Waals surface area contributed by atoms with Crippen molar-refractivity contribution < 1.29 is 0 Å². The number of hydrogen-bond donors (Lipinski definition) is 2. The molecule has 0 aliphatic rings. The zero-order chi connectivity index (χ0) is 13.5. The van der Waals surface area contributed by atoms with Gasteiger partial charge in [0.25, 0.3) is 0 Å². The number of para-hydroxylation sites is 1. The fourth-order valence-corrected chi connectivity index (χ4v) is 2.96. The number of rotatable bonds is 7. The first kappa shape index (κ1) is 14.3. The number of nitrogens with one attached hydrogen (secondary N) is 1. The van der Waals surface area contributed by atoms with Crippen molar-refractivity contribution in [1.29, 1.82) is 0 Å². The van der Waals surface area contributed by atoms with Crippen molar-refractivity contribution in [3.05, 3.63) is 42.1 Å². The van der Waals surface area contributed by atoms with E-state index in [2.05, 4.69) is 41.6 Å². The van der Waals surface area contributed by atoms with Gasteiger partial charge in [-0.3, -0.25) is 16.3 Å². The molecule has 0 spiro atoms. The molecule has 0 fully saturated rings. The molecule has 1 heterocycles. The molecule has 4 heteroatoms. The molecule has 0 amide bonds. The van der Waals surface area contributed by atoms with Crippen LogP contribution < -0.4 is 11.3 Å². The number of fused-ring (bicyclic) bond motifs is 1. The van der Waals surface area contributed by atoms with Crippen molar-refractivity contribution in [2.24, 2.45) is 5.84 Å². The van der Waals surface area contributed by atoms with Crippen molar-refractivity contribution in [3.8, 4) is 0 Å². The molecule has 1 aromatic carbocycles. The molecule has 2 aromatic rings. The van der Waals surface area contributed by atoms with Gasteiger partial charge in [0.2, 0.25) is 0 Å². The summed E-state index contributed by atoms with van der Waals surface area (Å²) in [7, 11) is 0. The van der Waals surface area contributed by atoms with Crippen LogP contribution in [0, 0.1) is 0 Å². The second-order valence-corrected chi connectivity index (χ2v) is 5.79. The van der Waals surface area contributed by atoms with Crippen LogP contribution in [0.1, 0.15) is 19.0 Å². The van der Waals surface area contributed by atoms with E-state index in [1.54, 1.807) is 0 Å². The topological polar surface area (TPSA) is 50.9 Å². The lowest BCUT2D eigenvalue weighted by Gasteiger charge is -2.15. The molecule has 0 bridgehead atoms. The SMILES string of the molecule is CCCSCC(Cc1ccc2ccccc2n1)NN. The average molecular weight is 275 g/mol. The van der Waals surface area contributed by atoms with Crippen LogP contribution in [0.25, 0.3) is 10.9 Å². The predicted octanol–water partition coefficient (Wildman–Crippen LogP) is 2.75. The molecule has 0 radical (unpaired) electrons. The minimum Gasteiger partial charge on any atom is -0.271 e. The maximum atomic E-state index is 5.62. The lowest BCUT2D eigenvalue weighted by molar-refractivity contribution is 0.570. The molecule has 0 aliphatic carbocycles. The maximum absolute atomic E-state index is 5.62. The minimum atomic E-state index is 0.283. The Hall–Kier alpha value is -1.10. The number of aromatic nitrogens is 1. The van der Waals surface area contributed by atoms with Gasteiger partial charge in [-0.1, -0.05) is 31.2 Å². The first-order valence-corrected chi connectivity index (χ1v) is 7.87. The number of benzene rings is 1. The highest BCUT2D eigenvalue weighted by Gasteiger charge is 2.09. The van der Waals surface area contributed by atoms with E-state index in [0.29, 0.717) is 0 Å². The summed E-state index contributed by atoms with van der Waals surface area (Å²) in [6.07, 6.45) is 2.08. The van der Waals surface area contributed by atoms with Crippen molar-refractivity contribution in [3.63, 3.8) is 0 Å².